The molecule has 2 rings (SSSR count). The van der Waals surface area contributed by atoms with Gasteiger partial charge in [-0.1, -0.05) is 11.6 Å². The Bertz CT molecular complexity index is 511. The van der Waals surface area contributed by atoms with E-state index in [1.807, 2.05) is 0 Å². The molecule has 122 valence electrons. The number of methoxy groups -OCH3 is 2. The third kappa shape index (κ3) is 4.12. The van der Waals surface area contributed by atoms with Gasteiger partial charge in [-0.2, -0.15) is 0 Å². The van der Waals surface area contributed by atoms with E-state index >= 15 is 0 Å². The van der Waals surface area contributed by atoms with Gasteiger partial charge in [0.25, 0.3) is 5.91 Å². The van der Waals surface area contributed by atoms with Crippen LogP contribution in [0.25, 0.3) is 0 Å². The number of carbonyl (C=O) groups is 1. The Balaban J connectivity index is 2.05. The summed E-state index contributed by atoms with van der Waals surface area (Å²) < 4.78 is 10.6. The van der Waals surface area contributed by atoms with E-state index < -0.39 is 0 Å². The second-order valence-corrected chi connectivity index (χ2v) is 6.15. The normalized spacial score (nSPS) is 17.0. The fourth-order valence-corrected chi connectivity index (χ4v) is 3.01. The minimum atomic E-state index is -0.150. The van der Waals surface area contributed by atoms with E-state index in [-0.39, 0.29) is 11.3 Å². The SMILES string of the molecule is COCC1(CNC(=O)c2ccc(Cl)cc2OC)CCNCC1. The lowest BCUT2D eigenvalue weighted by atomic mass is 9.79. The molecule has 1 fully saturated rings. The lowest BCUT2D eigenvalue weighted by Gasteiger charge is -2.37. The predicted molar refractivity (Wildman–Crippen MR) is 86.7 cm³/mol. The van der Waals surface area contributed by atoms with Crippen LogP contribution in [0, 0.1) is 5.41 Å². The Hall–Kier alpha value is -1.30. The summed E-state index contributed by atoms with van der Waals surface area (Å²) in [6.07, 6.45) is 1.97. The zero-order valence-corrected chi connectivity index (χ0v) is 13.8. The Morgan fingerprint density at radius 3 is 2.73 bits per heavy atom. The van der Waals surface area contributed by atoms with Crippen molar-refractivity contribution in [2.75, 3.05) is 40.5 Å². The van der Waals surface area contributed by atoms with Gasteiger partial charge in [-0.25, -0.2) is 0 Å². The molecule has 0 saturated carbocycles. The smallest absolute Gasteiger partial charge is 0.255 e. The molecule has 0 spiro atoms. The molecule has 5 nitrogen and oxygen atoms in total. The maximum atomic E-state index is 12.4. The zero-order chi connectivity index (χ0) is 16.0. The van der Waals surface area contributed by atoms with Crippen molar-refractivity contribution in [2.45, 2.75) is 12.8 Å². The van der Waals surface area contributed by atoms with Crippen LogP contribution < -0.4 is 15.4 Å². The number of nitrogens with one attached hydrogen (secondary N) is 2. The summed E-state index contributed by atoms with van der Waals surface area (Å²) in [6, 6.07) is 5.02. The van der Waals surface area contributed by atoms with Crippen LogP contribution in [0.1, 0.15) is 23.2 Å². The van der Waals surface area contributed by atoms with Gasteiger partial charge in [0.05, 0.1) is 19.3 Å². The molecular weight excluding hydrogens is 304 g/mol. The third-order valence-corrected chi connectivity index (χ3v) is 4.38. The average molecular weight is 327 g/mol. The number of benzene rings is 1. The highest BCUT2D eigenvalue weighted by Gasteiger charge is 2.32. The molecule has 0 bridgehead atoms. The first-order chi connectivity index (χ1) is 10.6. The Morgan fingerprint density at radius 1 is 1.36 bits per heavy atom. The molecule has 0 aromatic heterocycles. The highest BCUT2D eigenvalue weighted by Crippen LogP contribution is 2.29. The summed E-state index contributed by atoms with van der Waals surface area (Å²) in [4.78, 5) is 12.4. The molecule has 1 heterocycles. The molecule has 0 radical (unpaired) electrons. The number of piperidine rings is 1. The minimum absolute atomic E-state index is 0.00464. The molecule has 1 aliphatic rings. The van der Waals surface area contributed by atoms with Gasteiger partial charge in [0.2, 0.25) is 0 Å². The molecule has 1 aromatic rings. The van der Waals surface area contributed by atoms with E-state index in [4.69, 9.17) is 21.1 Å². The van der Waals surface area contributed by atoms with Gasteiger partial charge in [0, 0.05) is 24.1 Å². The summed E-state index contributed by atoms with van der Waals surface area (Å²) in [7, 11) is 3.23. The number of hydrogen-bond donors (Lipinski definition) is 2. The van der Waals surface area contributed by atoms with Crippen molar-refractivity contribution in [3.8, 4) is 5.75 Å². The van der Waals surface area contributed by atoms with Crippen LogP contribution in [0.4, 0.5) is 0 Å². The molecule has 1 aliphatic heterocycles. The predicted octanol–water partition coefficient (Wildman–Crippen LogP) is 2.09. The summed E-state index contributed by atoms with van der Waals surface area (Å²) in [5.41, 5.74) is 0.489. The molecule has 0 aliphatic carbocycles. The molecule has 1 amide bonds. The second kappa shape index (κ2) is 7.81. The van der Waals surface area contributed by atoms with E-state index in [0.717, 1.165) is 25.9 Å². The van der Waals surface area contributed by atoms with Crippen molar-refractivity contribution in [1.29, 1.82) is 0 Å². The number of halogens is 1. The van der Waals surface area contributed by atoms with Crippen molar-refractivity contribution < 1.29 is 14.3 Å². The van der Waals surface area contributed by atoms with E-state index in [0.29, 0.717) is 29.5 Å². The number of ether oxygens (including phenoxy) is 2. The quantitative estimate of drug-likeness (QED) is 0.840. The fraction of sp³-hybridized carbons (Fsp3) is 0.562. The third-order valence-electron chi connectivity index (χ3n) is 4.15. The summed E-state index contributed by atoms with van der Waals surface area (Å²) in [5.74, 6) is 0.332. The molecule has 22 heavy (non-hydrogen) atoms. The molecule has 1 aromatic carbocycles. The number of rotatable bonds is 6. The Labute approximate surface area is 136 Å². The number of amides is 1. The lowest BCUT2D eigenvalue weighted by Crippen LogP contribution is -2.47. The van der Waals surface area contributed by atoms with Gasteiger partial charge in [-0.05, 0) is 44.1 Å². The van der Waals surface area contributed by atoms with Crippen LogP contribution in [0.15, 0.2) is 18.2 Å². The molecule has 6 heteroatoms. The molecule has 0 unspecified atom stereocenters. The van der Waals surface area contributed by atoms with Gasteiger partial charge in [-0.3, -0.25) is 4.79 Å². The van der Waals surface area contributed by atoms with Crippen molar-refractivity contribution >= 4 is 17.5 Å². The topological polar surface area (TPSA) is 59.6 Å². The molecule has 2 N–H and O–H groups in total. The Morgan fingerprint density at radius 2 is 2.09 bits per heavy atom. The van der Waals surface area contributed by atoms with Crippen molar-refractivity contribution in [1.82, 2.24) is 10.6 Å². The zero-order valence-electron chi connectivity index (χ0n) is 13.1. The monoisotopic (exact) mass is 326 g/mol. The molecular formula is C16H23ClN2O3. The lowest BCUT2D eigenvalue weighted by molar-refractivity contribution is 0.0511. The highest BCUT2D eigenvalue weighted by atomic mass is 35.5. The van der Waals surface area contributed by atoms with Gasteiger partial charge in [-0.15, -0.1) is 0 Å². The van der Waals surface area contributed by atoms with Crippen molar-refractivity contribution in [3.05, 3.63) is 28.8 Å². The van der Waals surface area contributed by atoms with Crippen LogP contribution in [-0.4, -0.2) is 46.4 Å². The van der Waals surface area contributed by atoms with Gasteiger partial charge in [0.1, 0.15) is 5.75 Å². The average Bonchev–Trinajstić information content (AvgIpc) is 2.53. The second-order valence-electron chi connectivity index (χ2n) is 5.71. The summed E-state index contributed by atoms with van der Waals surface area (Å²) in [5, 5.41) is 6.90. The summed E-state index contributed by atoms with van der Waals surface area (Å²) >= 11 is 5.93. The first-order valence-electron chi connectivity index (χ1n) is 7.42. The van der Waals surface area contributed by atoms with Crippen LogP contribution in [0.5, 0.6) is 5.75 Å². The Kier molecular flexibility index (Phi) is 6.06. The first-order valence-corrected chi connectivity index (χ1v) is 7.79. The fourth-order valence-electron chi connectivity index (χ4n) is 2.85. The molecule has 0 atom stereocenters. The molecule has 1 saturated heterocycles. The van der Waals surface area contributed by atoms with Crippen molar-refractivity contribution in [2.24, 2.45) is 5.41 Å². The van der Waals surface area contributed by atoms with Crippen molar-refractivity contribution in [3.63, 3.8) is 0 Å². The van der Waals surface area contributed by atoms with Crippen LogP contribution >= 0.6 is 11.6 Å². The van der Waals surface area contributed by atoms with E-state index in [2.05, 4.69) is 10.6 Å². The van der Waals surface area contributed by atoms with Gasteiger partial charge in [0.15, 0.2) is 0 Å². The standard InChI is InChI=1S/C16H23ClN2O3/c1-21-11-16(5-7-18-8-6-16)10-19-15(20)13-4-3-12(17)9-14(13)22-2/h3-4,9,18H,5-8,10-11H2,1-2H3,(H,19,20). The van der Waals surface area contributed by atoms with Gasteiger partial charge < -0.3 is 20.1 Å². The van der Waals surface area contributed by atoms with E-state index in [1.54, 1.807) is 25.3 Å². The highest BCUT2D eigenvalue weighted by molar-refractivity contribution is 6.30. The first kappa shape index (κ1) is 17.1. The van der Waals surface area contributed by atoms with Crippen LogP contribution in [0.3, 0.4) is 0 Å². The maximum absolute atomic E-state index is 12.4. The maximum Gasteiger partial charge on any atom is 0.255 e. The van der Waals surface area contributed by atoms with E-state index in [1.165, 1.54) is 7.11 Å². The number of hydrogen-bond acceptors (Lipinski definition) is 4. The minimum Gasteiger partial charge on any atom is -0.496 e. The number of carbonyl (C=O) groups excluding carboxylic acids is 1. The van der Waals surface area contributed by atoms with Gasteiger partial charge >= 0.3 is 0 Å². The summed E-state index contributed by atoms with van der Waals surface area (Å²) in [6.45, 7) is 3.13. The van der Waals surface area contributed by atoms with Crippen LogP contribution in [0.2, 0.25) is 5.02 Å². The largest absolute Gasteiger partial charge is 0.496 e. The van der Waals surface area contributed by atoms with E-state index in [9.17, 15) is 4.79 Å². The van der Waals surface area contributed by atoms with Crippen LogP contribution in [-0.2, 0) is 4.74 Å².